The van der Waals surface area contributed by atoms with Gasteiger partial charge in [-0.3, -0.25) is 14.9 Å². The Kier molecular flexibility index (Phi) is 9.14. The van der Waals surface area contributed by atoms with Crippen molar-refractivity contribution in [3.05, 3.63) is 52.1 Å². The molecule has 1 aromatic carbocycles. The highest BCUT2D eigenvalue weighted by atomic mass is 16.6. The maximum absolute atomic E-state index is 12.3. The molecule has 0 saturated carbocycles. The number of piperidine rings is 1. The van der Waals surface area contributed by atoms with Crippen molar-refractivity contribution in [2.24, 2.45) is 5.92 Å². The Hall–Kier alpha value is -3.47. The van der Waals surface area contributed by atoms with E-state index in [1.54, 1.807) is 6.07 Å². The normalized spacial score (nSPS) is 14.9. The first-order chi connectivity index (χ1) is 15.2. The summed E-state index contributed by atoms with van der Waals surface area (Å²) < 4.78 is 15.0. The average Bonchev–Trinajstić information content (AvgIpc) is 2.79. The van der Waals surface area contributed by atoms with E-state index in [2.05, 4.69) is 6.58 Å². The van der Waals surface area contributed by atoms with Crippen LogP contribution >= 0.6 is 0 Å². The zero-order valence-corrected chi connectivity index (χ0v) is 17.7. The van der Waals surface area contributed by atoms with Gasteiger partial charge in [0, 0.05) is 24.7 Å². The van der Waals surface area contributed by atoms with E-state index in [9.17, 15) is 29.6 Å². The molecule has 1 saturated heterocycles. The molecule has 0 spiro atoms. The fourth-order valence-electron chi connectivity index (χ4n) is 2.98. The molecule has 1 amide bonds. The van der Waals surface area contributed by atoms with E-state index in [0.717, 1.165) is 0 Å². The fraction of sp³-hybridized carbons (Fsp3) is 0.476. The molecular formula is C21H26N2O9. The predicted octanol–water partition coefficient (Wildman–Crippen LogP) is 1.97. The number of nitro benzene ring substituents is 1. The number of nitrogens with zero attached hydrogens (tertiary/aromatic N) is 2. The molecule has 0 bridgehead atoms. The van der Waals surface area contributed by atoms with Crippen molar-refractivity contribution in [1.82, 2.24) is 4.90 Å². The molecule has 2 rings (SSSR count). The van der Waals surface area contributed by atoms with E-state index < -0.39 is 35.0 Å². The van der Waals surface area contributed by atoms with Gasteiger partial charge < -0.3 is 24.2 Å². The number of amides is 1. The van der Waals surface area contributed by atoms with Gasteiger partial charge in [0.2, 0.25) is 0 Å². The van der Waals surface area contributed by atoms with Crippen molar-refractivity contribution in [1.29, 1.82) is 0 Å². The van der Waals surface area contributed by atoms with Crippen molar-refractivity contribution < 1.29 is 38.6 Å². The van der Waals surface area contributed by atoms with Crippen LogP contribution in [0.3, 0.4) is 0 Å². The molecule has 1 aliphatic heterocycles. The summed E-state index contributed by atoms with van der Waals surface area (Å²) in [6.07, 6.45) is -1.08. The van der Waals surface area contributed by atoms with Crippen molar-refractivity contribution in [3.8, 4) is 0 Å². The van der Waals surface area contributed by atoms with Crippen molar-refractivity contribution in [3.63, 3.8) is 0 Å². The highest BCUT2D eigenvalue weighted by Gasteiger charge is 2.30. The molecule has 1 atom stereocenters. The number of likely N-dealkylation sites (tertiary alicyclic amines) is 1. The lowest BCUT2D eigenvalue weighted by molar-refractivity contribution is -0.385. The molecule has 1 heterocycles. The molecule has 11 heteroatoms. The minimum atomic E-state index is -1.15. The van der Waals surface area contributed by atoms with Crippen LogP contribution in [0.15, 0.2) is 36.4 Å². The van der Waals surface area contributed by atoms with Crippen LogP contribution in [0.25, 0.3) is 0 Å². The van der Waals surface area contributed by atoms with Crippen LogP contribution in [0, 0.1) is 16.0 Å². The molecule has 11 nitrogen and oxygen atoms in total. The quantitative estimate of drug-likeness (QED) is 0.196. The van der Waals surface area contributed by atoms with E-state index >= 15 is 0 Å². The Morgan fingerprint density at radius 1 is 1.19 bits per heavy atom. The number of aliphatic hydroxyl groups is 1. The summed E-state index contributed by atoms with van der Waals surface area (Å²) in [5.74, 6) is -1.60. The lowest BCUT2D eigenvalue weighted by atomic mass is 9.97. The minimum Gasteiger partial charge on any atom is -0.463 e. The summed E-state index contributed by atoms with van der Waals surface area (Å²) in [7, 11) is 0. The average molecular weight is 450 g/mol. The number of aliphatic hydroxyl groups excluding tert-OH is 1. The smallest absolute Gasteiger partial charge is 0.410 e. The SMILES string of the molecule is C=C(C)C(=O)OCC(O)COC(=O)C1CCN(C(=O)OCc2ccccc2[N+](=O)[O-])CC1. The lowest BCUT2D eigenvalue weighted by Crippen LogP contribution is -2.41. The third-order valence-corrected chi connectivity index (χ3v) is 4.80. The van der Waals surface area contributed by atoms with Crippen LogP contribution in [0.4, 0.5) is 10.5 Å². The largest absolute Gasteiger partial charge is 0.463 e. The first-order valence-electron chi connectivity index (χ1n) is 10.00. The maximum Gasteiger partial charge on any atom is 0.410 e. The zero-order chi connectivity index (χ0) is 23.7. The van der Waals surface area contributed by atoms with E-state index in [0.29, 0.717) is 12.8 Å². The molecule has 0 radical (unpaired) electrons. The Morgan fingerprint density at radius 2 is 1.81 bits per heavy atom. The Labute approximate surface area is 184 Å². The Morgan fingerprint density at radius 3 is 2.44 bits per heavy atom. The highest BCUT2D eigenvalue weighted by molar-refractivity contribution is 5.86. The standard InChI is InChI=1S/C21H26N2O9/c1-14(2)19(25)30-12-17(24)13-31-20(26)15-7-9-22(10-8-15)21(27)32-11-16-5-3-4-6-18(16)23(28)29/h3-6,15,17,24H,1,7-13H2,2H3. The van der Waals surface area contributed by atoms with E-state index in [4.69, 9.17) is 14.2 Å². The molecule has 1 fully saturated rings. The van der Waals surface area contributed by atoms with Gasteiger partial charge in [-0.25, -0.2) is 9.59 Å². The van der Waals surface area contributed by atoms with E-state index in [1.807, 2.05) is 0 Å². The van der Waals surface area contributed by atoms with Gasteiger partial charge in [0.1, 0.15) is 25.9 Å². The fourth-order valence-corrected chi connectivity index (χ4v) is 2.98. The molecule has 0 aliphatic carbocycles. The van der Waals surface area contributed by atoms with Crippen LogP contribution < -0.4 is 0 Å². The molecule has 32 heavy (non-hydrogen) atoms. The zero-order valence-electron chi connectivity index (χ0n) is 17.7. The number of rotatable bonds is 9. The Balaban J connectivity index is 1.71. The molecular weight excluding hydrogens is 424 g/mol. The van der Waals surface area contributed by atoms with E-state index in [-0.39, 0.29) is 49.7 Å². The minimum absolute atomic E-state index is 0.127. The van der Waals surface area contributed by atoms with Gasteiger partial charge in [-0.1, -0.05) is 18.7 Å². The van der Waals surface area contributed by atoms with E-state index in [1.165, 1.54) is 30.0 Å². The summed E-state index contributed by atoms with van der Waals surface area (Å²) in [5.41, 5.74) is 0.358. The van der Waals surface area contributed by atoms with Gasteiger partial charge in [0.05, 0.1) is 16.4 Å². The van der Waals surface area contributed by atoms with Crippen molar-refractivity contribution >= 4 is 23.7 Å². The molecule has 1 aliphatic rings. The topological polar surface area (TPSA) is 146 Å². The second-order valence-corrected chi connectivity index (χ2v) is 7.36. The number of hydrogen-bond acceptors (Lipinski definition) is 9. The second kappa shape index (κ2) is 11.8. The van der Waals surface area contributed by atoms with Crippen LogP contribution in [-0.4, -0.2) is 65.4 Å². The van der Waals surface area contributed by atoms with Crippen molar-refractivity contribution in [2.75, 3.05) is 26.3 Å². The van der Waals surface area contributed by atoms with Crippen LogP contribution in [0.2, 0.25) is 0 Å². The molecule has 0 aromatic heterocycles. The first kappa shape index (κ1) is 24.8. The summed E-state index contributed by atoms with van der Waals surface area (Å²) in [6, 6.07) is 6.00. The summed E-state index contributed by atoms with van der Waals surface area (Å²) in [5, 5.41) is 20.8. The van der Waals surface area contributed by atoms with Gasteiger partial charge in [0.25, 0.3) is 5.69 Å². The monoisotopic (exact) mass is 450 g/mol. The molecule has 174 valence electrons. The summed E-state index contributed by atoms with van der Waals surface area (Å²) in [4.78, 5) is 47.6. The second-order valence-electron chi connectivity index (χ2n) is 7.36. The number of para-hydroxylation sites is 1. The van der Waals surface area contributed by atoms with Crippen LogP contribution in [0.1, 0.15) is 25.3 Å². The van der Waals surface area contributed by atoms with Gasteiger partial charge in [-0.15, -0.1) is 0 Å². The number of carbonyl (C=O) groups is 3. The van der Waals surface area contributed by atoms with Gasteiger partial charge in [-0.05, 0) is 25.8 Å². The number of ether oxygens (including phenoxy) is 3. The molecule has 1 N–H and O–H groups in total. The van der Waals surface area contributed by atoms with Gasteiger partial charge >= 0.3 is 18.0 Å². The van der Waals surface area contributed by atoms with Crippen LogP contribution in [-0.2, 0) is 30.4 Å². The molecule has 1 unspecified atom stereocenters. The van der Waals surface area contributed by atoms with Crippen LogP contribution in [0.5, 0.6) is 0 Å². The first-order valence-corrected chi connectivity index (χ1v) is 10.00. The number of carbonyl (C=O) groups excluding carboxylic acids is 3. The van der Waals surface area contributed by atoms with Crippen molar-refractivity contribution in [2.45, 2.75) is 32.5 Å². The van der Waals surface area contributed by atoms with Gasteiger partial charge in [-0.2, -0.15) is 0 Å². The third-order valence-electron chi connectivity index (χ3n) is 4.80. The number of benzene rings is 1. The lowest BCUT2D eigenvalue weighted by Gasteiger charge is -2.30. The Bertz CT molecular complexity index is 863. The third kappa shape index (κ3) is 7.34. The number of esters is 2. The predicted molar refractivity (Wildman–Crippen MR) is 110 cm³/mol. The van der Waals surface area contributed by atoms with Gasteiger partial charge in [0.15, 0.2) is 0 Å². The number of nitro groups is 1. The summed E-state index contributed by atoms with van der Waals surface area (Å²) >= 11 is 0. The maximum atomic E-state index is 12.3. The number of hydrogen-bond donors (Lipinski definition) is 1. The molecule has 1 aromatic rings. The highest BCUT2D eigenvalue weighted by Crippen LogP contribution is 2.21. The summed E-state index contributed by atoms with van der Waals surface area (Å²) in [6.45, 7) is 4.54.